The van der Waals surface area contributed by atoms with E-state index in [1.165, 1.54) is 6.07 Å². The normalized spacial score (nSPS) is 18.0. The molecular weight excluding hydrogens is 431 g/mol. The molecule has 1 aliphatic rings. The number of benzene rings is 1. The number of carbonyl (C=O) groups is 1. The first-order valence-corrected chi connectivity index (χ1v) is 11.5. The van der Waals surface area contributed by atoms with E-state index in [4.69, 9.17) is 5.73 Å². The molecule has 0 aliphatic carbocycles. The van der Waals surface area contributed by atoms with E-state index in [1.54, 1.807) is 43.0 Å². The predicted molar refractivity (Wildman–Crippen MR) is 135 cm³/mol. The topological polar surface area (TPSA) is 96.8 Å². The molecule has 1 aliphatic heterocycles. The van der Waals surface area contributed by atoms with Gasteiger partial charge in [-0.1, -0.05) is 6.07 Å². The zero-order valence-corrected chi connectivity index (χ0v) is 20.7. The van der Waals surface area contributed by atoms with Crippen LogP contribution < -0.4 is 16.4 Å². The summed E-state index contributed by atoms with van der Waals surface area (Å²) in [5.74, 6) is -0.653. The van der Waals surface area contributed by atoms with Crippen LogP contribution in [0.5, 0.6) is 0 Å². The number of carbonyl (C=O) groups excluding carboxylic acids is 1. The number of hydrogen-bond acceptors (Lipinski definition) is 5. The number of anilines is 2. The number of imidazole rings is 1. The molecule has 1 aromatic carbocycles. The number of rotatable bonds is 4. The lowest BCUT2D eigenvalue weighted by Crippen LogP contribution is -2.57. The van der Waals surface area contributed by atoms with Gasteiger partial charge in [0, 0.05) is 48.4 Å². The van der Waals surface area contributed by atoms with Crippen molar-refractivity contribution in [1.29, 1.82) is 0 Å². The highest BCUT2D eigenvalue weighted by molar-refractivity contribution is 6.10. The summed E-state index contributed by atoms with van der Waals surface area (Å²) < 4.78 is 16.0. The van der Waals surface area contributed by atoms with Crippen LogP contribution in [0.2, 0.25) is 0 Å². The first-order chi connectivity index (χ1) is 15.9. The van der Waals surface area contributed by atoms with Crippen molar-refractivity contribution in [2.45, 2.75) is 64.5 Å². The van der Waals surface area contributed by atoms with Crippen molar-refractivity contribution in [2.75, 3.05) is 18.1 Å². The Bertz CT molecular complexity index is 1270. The molecule has 1 amide bonds. The zero-order valence-electron chi connectivity index (χ0n) is 20.7. The van der Waals surface area contributed by atoms with Gasteiger partial charge in [-0.25, -0.2) is 9.37 Å². The second-order valence-electron chi connectivity index (χ2n) is 10.6. The molecule has 0 saturated carbocycles. The largest absolute Gasteiger partial charge is 0.398 e. The van der Waals surface area contributed by atoms with E-state index in [0.29, 0.717) is 22.6 Å². The van der Waals surface area contributed by atoms with Gasteiger partial charge in [-0.2, -0.15) is 0 Å². The minimum atomic E-state index is -0.510. The number of nitrogens with two attached hydrogens (primary N) is 1. The summed E-state index contributed by atoms with van der Waals surface area (Å²) in [4.78, 5) is 21.5. The van der Waals surface area contributed by atoms with Crippen molar-refractivity contribution in [3.63, 3.8) is 0 Å². The lowest BCUT2D eigenvalue weighted by atomic mass is 9.72. The van der Waals surface area contributed by atoms with Gasteiger partial charge < -0.3 is 20.8 Å². The van der Waals surface area contributed by atoms with Crippen LogP contribution in [-0.2, 0) is 0 Å². The van der Waals surface area contributed by atoms with E-state index in [-0.39, 0.29) is 22.6 Å². The Balaban J connectivity index is 1.68. The number of amides is 1. The van der Waals surface area contributed by atoms with Gasteiger partial charge in [0.25, 0.3) is 5.91 Å². The molecule has 0 atom stereocenters. The fourth-order valence-electron chi connectivity index (χ4n) is 5.47. The number of nitrogens with zero attached hydrogens (tertiary/aromatic N) is 3. The Labute approximate surface area is 199 Å². The molecule has 4 N–H and O–H groups in total. The van der Waals surface area contributed by atoms with Crippen LogP contribution in [0.1, 0.15) is 73.6 Å². The molecule has 3 heterocycles. The van der Waals surface area contributed by atoms with E-state index in [2.05, 4.69) is 48.3 Å². The van der Waals surface area contributed by atoms with Crippen molar-refractivity contribution in [2.24, 2.45) is 4.99 Å². The maximum Gasteiger partial charge on any atom is 0.257 e. The zero-order chi connectivity index (χ0) is 24.8. The van der Waals surface area contributed by atoms with E-state index >= 15 is 0 Å². The Kier molecular flexibility index (Phi) is 5.97. The molecular formula is C26H33FN6O. The van der Waals surface area contributed by atoms with Gasteiger partial charge in [-0.05, 0) is 65.0 Å². The first-order valence-electron chi connectivity index (χ1n) is 11.5. The third-order valence-electron chi connectivity index (χ3n) is 6.34. The molecule has 180 valence electrons. The van der Waals surface area contributed by atoms with Crippen molar-refractivity contribution < 1.29 is 9.18 Å². The second kappa shape index (κ2) is 8.51. The summed E-state index contributed by atoms with van der Waals surface area (Å²) in [5.41, 5.74) is 10.2. The third kappa shape index (κ3) is 4.68. The molecule has 1 saturated heterocycles. The smallest absolute Gasteiger partial charge is 0.257 e. The monoisotopic (exact) mass is 464 g/mol. The summed E-state index contributed by atoms with van der Waals surface area (Å²) >= 11 is 0. The third-order valence-corrected chi connectivity index (χ3v) is 6.34. The maximum absolute atomic E-state index is 14.5. The van der Waals surface area contributed by atoms with Gasteiger partial charge in [0.1, 0.15) is 0 Å². The summed E-state index contributed by atoms with van der Waals surface area (Å²) in [6, 6.07) is 5.00. The van der Waals surface area contributed by atoms with Crippen molar-refractivity contribution >= 4 is 29.1 Å². The number of halogens is 1. The average molecular weight is 465 g/mol. The molecule has 4 rings (SSSR count). The Morgan fingerprint density at radius 1 is 1.26 bits per heavy atom. The number of fused-ring (bicyclic) bond motifs is 1. The fraction of sp³-hybridized carbons (Fsp3) is 0.423. The van der Waals surface area contributed by atoms with Crippen LogP contribution in [0.25, 0.3) is 5.65 Å². The van der Waals surface area contributed by atoms with Crippen LogP contribution in [0, 0.1) is 12.7 Å². The highest BCUT2D eigenvalue weighted by Gasteiger charge is 2.39. The number of aromatic nitrogens is 2. The van der Waals surface area contributed by atoms with Gasteiger partial charge >= 0.3 is 0 Å². The summed E-state index contributed by atoms with van der Waals surface area (Å²) in [6.45, 7) is 10.6. The molecule has 34 heavy (non-hydrogen) atoms. The van der Waals surface area contributed by atoms with E-state index in [1.807, 2.05) is 6.07 Å². The molecule has 7 nitrogen and oxygen atoms in total. The van der Waals surface area contributed by atoms with Crippen LogP contribution in [-0.4, -0.2) is 39.6 Å². The molecule has 0 unspecified atom stereocenters. The van der Waals surface area contributed by atoms with Gasteiger partial charge in [-0.15, -0.1) is 0 Å². The lowest BCUT2D eigenvalue weighted by molar-refractivity contribution is 0.102. The first kappa shape index (κ1) is 23.9. The summed E-state index contributed by atoms with van der Waals surface area (Å²) in [7, 11) is 1.69. The molecule has 2 aromatic heterocycles. The quantitative estimate of drug-likeness (QED) is 0.385. The van der Waals surface area contributed by atoms with Crippen LogP contribution in [0.4, 0.5) is 15.8 Å². The molecule has 0 spiro atoms. The predicted octanol–water partition coefficient (Wildman–Crippen LogP) is 4.69. The molecule has 0 radical (unpaired) electrons. The Hall–Kier alpha value is -3.26. The van der Waals surface area contributed by atoms with Crippen LogP contribution in [0.3, 0.4) is 0 Å². The highest BCUT2D eigenvalue weighted by atomic mass is 19.1. The minimum absolute atomic E-state index is 0.0355. The number of aliphatic imine (C=N–C) groups is 1. The van der Waals surface area contributed by atoms with Crippen molar-refractivity contribution in [1.82, 2.24) is 14.7 Å². The van der Waals surface area contributed by atoms with Crippen molar-refractivity contribution in [3.05, 3.63) is 58.8 Å². The SMILES string of the molecule is CN=Cc1c(C2CC(C)(C)NC(C)(C)C2)ccc(C(=O)Nc2cc(F)c3nc(C)cn3c2)c1N. The van der Waals surface area contributed by atoms with Crippen LogP contribution >= 0.6 is 0 Å². The number of hydrogen-bond donors (Lipinski definition) is 3. The number of pyridine rings is 1. The summed E-state index contributed by atoms with van der Waals surface area (Å²) in [6.07, 6.45) is 6.94. The molecule has 1 fully saturated rings. The number of aryl methyl sites for hydroxylation is 1. The van der Waals surface area contributed by atoms with Gasteiger partial charge in [0.2, 0.25) is 0 Å². The minimum Gasteiger partial charge on any atom is -0.398 e. The highest BCUT2D eigenvalue weighted by Crippen LogP contribution is 2.41. The number of nitrogens with one attached hydrogen (secondary N) is 2. The lowest BCUT2D eigenvalue weighted by Gasteiger charge is -2.47. The molecule has 3 aromatic rings. The van der Waals surface area contributed by atoms with Crippen LogP contribution in [0.15, 0.2) is 35.6 Å². The van der Waals surface area contributed by atoms with Gasteiger partial charge in [0.05, 0.1) is 22.6 Å². The van der Waals surface area contributed by atoms with E-state index < -0.39 is 11.7 Å². The Morgan fingerprint density at radius 3 is 2.59 bits per heavy atom. The molecule has 8 heteroatoms. The van der Waals surface area contributed by atoms with Crippen molar-refractivity contribution in [3.8, 4) is 0 Å². The standard InChI is InChI=1S/C26H33FN6O/c1-15-13-33-14-17(9-21(27)23(33)30-15)31-24(34)19-8-7-18(20(12-29-6)22(19)28)16-10-25(2,3)32-26(4,5)11-16/h7-9,12-14,16,32H,10-11,28H2,1-6H3,(H,31,34). The Morgan fingerprint density at radius 2 is 1.94 bits per heavy atom. The van der Waals surface area contributed by atoms with Gasteiger partial charge in [-0.3, -0.25) is 9.79 Å². The molecule has 0 bridgehead atoms. The average Bonchev–Trinajstić information content (AvgIpc) is 3.08. The maximum atomic E-state index is 14.5. The second-order valence-corrected chi connectivity index (χ2v) is 10.6. The summed E-state index contributed by atoms with van der Waals surface area (Å²) in [5, 5.41) is 6.48. The van der Waals surface area contributed by atoms with Gasteiger partial charge in [0.15, 0.2) is 11.5 Å². The van der Waals surface area contributed by atoms with E-state index in [0.717, 1.165) is 24.0 Å². The van der Waals surface area contributed by atoms with E-state index in [9.17, 15) is 9.18 Å². The number of nitrogen functional groups attached to an aromatic ring is 1. The number of piperidine rings is 1. The fourth-order valence-corrected chi connectivity index (χ4v) is 5.47.